The van der Waals surface area contributed by atoms with Crippen molar-refractivity contribution < 1.29 is 9.59 Å². The van der Waals surface area contributed by atoms with Gasteiger partial charge >= 0.3 is 0 Å². The van der Waals surface area contributed by atoms with Gasteiger partial charge in [-0.3, -0.25) is 9.59 Å². The number of hydrogen-bond acceptors (Lipinski definition) is 4. The van der Waals surface area contributed by atoms with E-state index in [1.54, 1.807) is 18.2 Å². The maximum Gasteiger partial charge on any atom is 0.240 e. The Bertz CT molecular complexity index is 754. The molecule has 1 atom stereocenters. The van der Waals surface area contributed by atoms with Gasteiger partial charge in [0.25, 0.3) is 0 Å². The number of imide groups is 1. The Morgan fingerprint density at radius 3 is 2.35 bits per heavy atom. The summed E-state index contributed by atoms with van der Waals surface area (Å²) in [6.07, 6.45) is 0.681. The molecule has 2 heterocycles. The number of hydrogen-bond donors (Lipinski definition) is 0. The number of benzene rings is 1. The number of halogens is 1. The third-order valence-corrected chi connectivity index (χ3v) is 4.06. The number of nitrogens with zero attached hydrogens (tertiary/aromatic N) is 3. The normalized spacial score (nSPS) is 17.9. The summed E-state index contributed by atoms with van der Waals surface area (Å²) >= 11 is 5.87. The molecular weight excluding hydrogens is 314 g/mol. The van der Waals surface area contributed by atoms with Gasteiger partial charge in [-0.25, -0.2) is 14.9 Å². The molecule has 3 rings (SSSR count). The quantitative estimate of drug-likeness (QED) is 0.812. The maximum atomic E-state index is 12.6. The molecule has 1 aliphatic rings. The van der Waals surface area contributed by atoms with Crippen LogP contribution < -0.4 is 4.90 Å². The average molecular weight is 330 g/mol. The Morgan fingerprint density at radius 2 is 1.74 bits per heavy atom. The van der Waals surface area contributed by atoms with Crippen molar-refractivity contribution in [1.82, 2.24) is 9.97 Å². The molecule has 1 aromatic heterocycles. The first-order valence-electron chi connectivity index (χ1n) is 7.37. The van der Waals surface area contributed by atoms with Crippen LogP contribution in [0.4, 0.5) is 5.95 Å². The summed E-state index contributed by atoms with van der Waals surface area (Å²) in [5.41, 5.74) is 2.44. The zero-order chi connectivity index (χ0) is 16.6. The van der Waals surface area contributed by atoms with Gasteiger partial charge < -0.3 is 0 Å². The maximum absolute atomic E-state index is 12.6. The number of rotatable bonds is 3. The van der Waals surface area contributed by atoms with E-state index in [9.17, 15) is 9.59 Å². The van der Waals surface area contributed by atoms with Crippen LogP contribution in [0.3, 0.4) is 0 Å². The van der Waals surface area contributed by atoms with E-state index in [2.05, 4.69) is 9.97 Å². The highest BCUT2D eigenvalue weighted by Crippen LogP contribution is 2.27. The lowest BCUT2D eigenvalue weighted by Crippen LogP contribution is -2.32. The van der Waals surface area contributed by atoms with Gasteiger partial charge in [0.15, 0.2) is 0 Å². The zero-order valence-corrected chi connectivity index (χ0v) is 13.7. The van der Waals surface area contributed by atoms with Crippen molar-refractivity contribution in [3.8, 4) is 0 Å². The minimum absolute atomic E-state index is 0.177. The Labute approximate surface area is 139 Å². The van der Waals surface area contributed by atoms with Crippen molar-refractivity contribution >= 4 is 29.4 Å². The van der Waals surface area contributed by atoms with Gasteiger partial charge in [-0.1, -0.05) is 23.7 Å². The van der Waals surface area contributed by atoms with Crippen molar-refractivity contribution in [3.05, 3.63) is 52.3 Å². The van der Waals surface area contributed by atoms with E-state index >= 15 is 0 Å². The molecule has 1 aliphatic heterocycles. The lowest BCUT2D eigenvalue weighted by atomic mass is 9.98. The van der Waals surface area contributed by atoms with E-state index in [0.717, 1.165) is 21.9 Å². The molecule has 1 fully saturated rings. The summed E-state index contributed by atoms with van der Waals surface area (Å²) in [4.78, 5) is 34.4. The van der Waals surface area contributed by atoms with Crippen molar-refractivity contribution in [2.75, 3.05) is 4.90 Å². The topological polar surface area (TPSA) is 63.2 Å². The molecule has 23 heavy (non-hydrogen) atoms. The molecule has 0 unspecified atom stereocenters. The van der Waals surface area contributed by atoms with Gasteiger partial charge in [0.1, 0.15) is 0 Å². The fraction of sp³-hybridized carbons (Fsp3) is 0.294. The molecule has 0 aliphatic carbocycles. The van der Waals surface area contributed by atoms with Crippen molar-refractivity contribution in [1.29, 1.82) is 0 Å². The highest BCUT2D eigenvalue weighted by atomic mass is 35.5. The monoisotopic (exact) mass is 329 g/mol. The first kappa shape index (κ1) is 15.6. The minimum atomic E-state index is -0.381. The molecule has 6 heteroatoms. The predicted molar refractivity (Wildman–Crippen MR) is 87.3 cm³/mol. The molecule has 0 radical (unpaired) electrons. The number of anilines is 1. The van der Waals surface area contributed by atoms with E-state index in [0.29, 0.717) is 11.4 Å². The van der Waals surface area contributed by atoms with Crippen molar-refractivity contribution in [2.45, 2.75) is 26.7 Å². The Kier molecular flexibility index (Phi) is 4.13. The van der Waals surface area contributed by atoms with Crippen LogP contribution >= 0.6 is 11.6 Å². The summed E-state index contributed by atoms with van der Waals surface area (Å²) in [5.74, 6) is -0.696. The summed E-state index contributed by atoms with van der Waals surface area (Å²) in [6.45, 7) is 3.63. The van der Waals surface area contributed by atoms with Crippen molar-refractivity contribution in [2.24, 2.45) is 5.92 Å². The van der Waals surface area contributed by atoms with Gasteiger partial charge in [0, 0.05) is 22.8 Å². The van der Waals surface area contributed by atoms with Gasteiger partial charge in [-0.15, -0.1) is 0 Å². The minimum Gasteiger partial charge on any atom is -0.274 e. The molecule has 2 amide bonds. The molecular formula is C17H16ClN3O2. The highest BCUT2D eigenvalue weighted by Gasteiger charge is 2.40. The summed E-state index contributed by atoms with van der Waals surface area (Å²) in [5, 5.41) is 0.646. The van der Waals surface area contributed by atoms with E-state index in [1.807, 2.05) is 26.0 Å². The van der Waals surface area contributed by atoms with Gasteiger partial charge in [0.05, 0.1) is 5.92 Å². The lowest BCUT2D eigenvalue weighted by Gasteiger charge is -2.14. The molecule has 0 saturated carbocycles. The van der Waals surface area contributed by atoms with Crippen LogP contribution in [-0.2, 0) is 16.0 Å². The molecule has 1 aromatic carbocycles. The van der Waals surface area contributed by atoms with Crippen LogP contribution in [0.2, 0.25) is 5.02 Å². The summed E-state index contributed by atoms with van der Waals surface area (Å²) in [6, 6.07) is 9.11. The summed E-state index contributed by atoms with van der Waals surface area (Å²) < 4.78 is 0. The standard InChI is InChI=1S/C17H16ClN3O2/c1-10-7-11(2)20-17(19-10)21-15(22)9-13(16(21)23)8-12-3-5-14(18)6-4-12/h3-7,13H,8-9H2,1-2H3/t13-/m1/s1. The second kappa shape index (κ2) is 6.08. The zero-order valence-electron chi connectivity index (χ0n) is 12.9. The third kappa shape index (κ3) is 3.24. The second-order valence-electron chi connectivity index (χ2n) is 5.75. The number of aryl methyl sites for hydroxylation is 2. The van der Waals surface area contributed by atoms with Crippen LogP contribution in [0.1, 0.15) is 23.4 Å². The van der Waals surface area contributed by atoms with Crippen LogP contribution in [0.5, 0.6) is 0 Å². The number of carbonyl (C=O) groups excluding carboxylic acids is 2. The lowest BCUT2D eigenvalue weighted by molar-refractivity contribution is -0.122. The van der Waals surface area contributed by atoms with E-state index in [1.165, 1.54) is 0 Å². The van der Waals surface area contributed by atoms with E-state index in [-0.39, 0.29) is 30.1 Å². The molecule has 2 aromatic rings. The van der Waals surface area contributed by atoms with Gasteiger partial charge in [0.2, 0.25) is 17.8 Å². The Morgan fingerprint density at radius 1 is 1.13 bits per heavy atom. The van der Waals surface area contributed by atoms with Crippen LogP contribution in [-0.4, -0.2) is 21.8 Å². The fourth-order valence-electron chi connectivity index (χ4n) is 2.78. The first-order chi connectivity index (χ1) is 10.9. The van der Waals surface area contributed by atoms with Crippen LogP contribution in [0.15, 0.2) is 30.3 Å². The van der Waals surface area contributed by atoms with Crippen LogP contribution in [0.25, 0.3) is 0 Å². The summed E-state index contributed by atoms with van der Waals surface area (Å²) in [7, 11) is 0. The van der Waals surface area contributed by atoms with E-state index < -0.39 is 0 Å². The number of carbonyl (C=O) groups is 2. The van der Waals surface area contributed by atoms with Gasteiger partial charge in [-0.2, -0.15) is 0 Å². The third-order valence-electron chi connectivity index (χ3n) is 3.81. The smallest absolute Gasteiger partial charge is 0.240 e. The number of amides is 2. The molecule has 0 spiro atoms. The molecule has 0 N–H and O–H groups in total. The first-order valence-corrected chi connectivity index (χ1v) is 7.75. The largest absolute Gasteiger partial charge is 0.274 e. The van der Waals surface area contributed by atoms with Gasteiger partial charge in [-0.05, 0) is 44.0 Å². The average Bonchev–Trinajstić information content (AvgIpc) is 2.75. The fourth-order valence-corrected chi connectivity index (χ4v) is 2.90. The highest BCUT2D eigenvalue weighted by molar-refractivity contribution is 6.30. The predicted octanol–water partition coefficient (Wildman–Crippen LogP) is 2.87. The van der Waals surface area contributed by atoms with E-state index in [4.69, 9.17) is 11.6 Å². The SMILES string of the molecule is Cc1cc(C)nc(N2C(=O)C[C@@H](Cc3ccc(Cl)cc3)C2=O)n1. The number of aromatic nitrogens is 2. The Hall–Kier alpha value is -2.27. The molecule has 0 bridgehead atoms. The molecule has 118 valence electrons. The van der Waals surface area contributed by atoms with Crippen LogP contribution in [0, 0.1) is 19.8 Å². The molecule has 1 saturated heterocycles. The second-order valence-corrected chi connectivity index (χ2v) is 6.19. The molecule has 5 nitrogen and oxygen atoms in total. The Balaban J connectivity index is 1.83. The van der Waals surface area contributed by atoms with Crippen molar-refractivity contribution in [3.63, 3.8) is 0 Å².